The Hall–Kier alpha value is -3.47. The number of nitrogens with zero attached hydrogens (tertiary/aromatic N) is 2. The summed E-state index contributed by atoms with van der Waals surface area (Å²) in [7, 11) is -1.27. The molecule has 3 aromatic heterocycles. The second kappa shape index (κ2) is 14.3. The van der Waals surface area contributed by atoms with Crippen molar-refractivity contribution in [1.29, 1.82) is 0 Å². The van der Waals surface area contributed by atoms with E-state index >= 15 is 0 Å². The molecule has 3 heterocycles. The fourth-order valence-corrected chi connectivity index (χ4v) is 9.00. The first-order valence-corrected chi connectivity index (χ1v) is 20.1. The quantitative estimate of drug-likeness (QED) is 0.128. The minimum atomic E-state index is -1.27. The molecule has 0 aliphatic heterocycles. The van der Waals surface area contributed by atoms with Gasteiger partial charge in [0.05, 0.1) is 8.07 Å². The molecule has 0 saturated heterocycles. The van der Waals surface area contributed by atoms with Crippen LogP contribution < -0.4 is 5.19 Å². The number of pyridine rings is 2. The summed E-state index contributed by atoms with van der Waals surface area (Å²) in [5.41, 5.74) is 7.25. The monoisotopic (exact) mass is 829 g/mol. The SMILES string of the molecule is Cc1cc(-c2[c-]cccc2)ncc1[Si](C)(C)C.[2H]C(C)(C)c1ccnc(-c2[c-]ccc3c2sc2c4ccc(C([2H])(C)C)cc4ccc32)c1.[Ir]. The molecule has 0 amide bonds. The Balaban J connectivity index is 0.000000221. The number of benzene rings is 4. The van der Waals surface area contributed by atoms with Crippen molar-refractivity contribution in [2.75, 3.05) is 0 Å². The minimum Gasteiger partial charge on any atom is -0.305 e. The molecule has 1 radical (unpaired) electrons. The molecule has 0 saturated carbocycles. The molecule has 7 aromatic rings. The predicted octanol–water partition coefficient (Wildman–Crippen LogP) is 11.7. The third kappa shape index (κ3) is 7.34. The van der Waals surface area contributed by atoms with E-state index in [9.17, 15) is 0 Å². The molecule has 0 atom stereocenters. The minimum absolute atomic E-state index is 0. The Morgan fingerprint density at radius 3 is 2.13 bits per heavy atom. The van der Waals surface area contributed by atoms with Crippen molar-refractivity contribution < 1.29 is 22.8 Å². The fourth-order valence-electron chi connectivity index (χ4n) is 5.95. The van der Waals surface area contributed by atoms with Gasteiger partial charge in [0.2, 0.25) is 0 Å². The van der Waals surface area contributed by atoms with Gasteiger partial charge in [-0.3, -0.25) is 0 Å². The molecular weight excluding hydrogens is 785 g/mol. The van der Waals surface area contributed by atoms with Gasteiger partial charge in [-0.25, -0.2) is 0 Å². The summed E-state index contributed by atoms with van der Waals surface area (Å²) in [6.45, 7) is 16.9. The topological polar surface area (TPSA) is 25.8 Å². The molecule has 4 aromatic carbocycles. The first-order valence-electron chi connectivity index (χ1n) is 16.8. The third-order valence-corrected chi connectivity index (χ3v) is 11.9. The molecule has 0 aliphatic rings. The van der Waals surface area contributed by atoms with Crippen LogP contribution in [0.1, 0.15) is 58.9 Å². The number of aromatic nitrogens is 2. The van der Waals surface area contributed by atoms with Crippen LogP contribution in [-0.4, -0.2) is 18.0 Å². The van der Waals surface area contributed by atoms with Crippen LogP contribution in [0.3, 0.4) is 0 Å². The summed E-state index contributed by atoms with van der Waals surface area (Å²) in [6, 6.07) is 35.6. The van der Waals surface area contributed by atoms with Crippen LogP contribution in [0, 0.1) is 19.1 Å². The van der Waals surface area contributed by atoms with Crippen molar-refractivity contribution in [3.8, 4) is 22.5 Å². The average molecular weight is 829 g/mol. The van der Waals surface area contributed by atoms with Crippen molar-refractivity contribution in [1.82, 2.24) is 9.97 Å². The van der Waals surface area contributed by atoms with Crippen LogP contribution in [0.5, 0.6) is 0 Å². The van der Waals surface area contributed by atoms with Gasteiger partial charge in [-0.15, -0.1) is 59.7 Å². The number of thiophene rings is 1. The van der Waals surface area contributed by atoms with E-state index in [-0.39, 0.29) is 20.1 Å². The Morgan fingerprint density at radius 1 is 0.723 bits per heavy atom. The van der Waals surface area contributed by atoms with Gasteiger partial charge in [-0.2, -0.15) is 11.3 Å². The summed E-state index contributed by atoms with van der Waals surface area (Å²) in [4.78, 5) is 9.20. The van der Waals surface area contributed by atoms with E-state index in [0.717, 1.165) is 33.6 Å². The van der Waals surface area contributed by atoms with Crippen molar-refractivity contribution in [2.24, 2.45) is 0 Å². The molecule has 0 unspecified atom stereocenters. The first-order chi connectivity index (χ1) is 22.6. The summed E-state index contributed by atoms with van der Waals surface area (Å²) in [6.07, 6.45) is 3.85. The van der Waals surface area contributed by atoms with Gasteiger partial charge in [0, 0.05) is 39.9 Å². The summed E-state index contributed by atoms with van der Waals surface area (Å²) in [5, 5.41) is 6.26. The van der Waals surface area contributed by atoms with E-state index in [1.165, 1.54) is 41.7 Å². The molecule has 0 spiro atoms. The van der Waals surface area contributed by atoms with Gasteiger partial charge in [0.25, 0.3) is 0 Å². The molecule has 241 valence electrons. The van der Waals surface area contributed by atoms with Gasteiger partial charge in [0.1, 0.15) is 0 Å². The number of aryl methyl sites for hydroxylation is 1. The zero-order valence-electron chi connectivity index (χ0n) is 30.4. The van der Waals surface area contributed by atoms with Crippen LogP contribution in [-0.2, 0) is 20.1 Å². The van der Waals surface area contributed by atoms with Gasteiger partial charge in [-0.05, 0) is 67.8 Å². The van der Waals surface area contributed by atoms with E-state index in [0.29, 0.717) is 0 Å². The summed E-state index contributed by atoms with van der Waals surface area (Å²) >= 11 is 1.77. The predicted molar refractivity (Wildman–Crippen MR) is 203 cm³/mol. The van der Waals surface area contributed by atoms with E-state index in [1.807, 2.05) is 64.1 Å². The number of fused-ring (bicyclic) bond motifs is 5. The molecule has 7 rings (SSSR count). The molecule has 47 heavy (non-hydrogen) atoms. The van der Waals surface area contributed by atoms with Crippen molar-refractivity contribution >= 4 is 55.5 Å². The van der Waals surface area contributed by atoms with E-state index in [2.05, 4.69) is 103 Å². The maximum atomic E-state index is 8.39. The van der Waals surface area contributed by atoms with E-state index < -0.39 is 19.9 Å². The summed E-state index contributed by atoms with van der Waals surface area (Å²) < 4.78 is 19.2. The van der Waals surface area contributed by atoms with E-state index in [4.69, 9.17) is 2.74 Å². The van der Waals surface area contributed by atoms with Crippen molar-refractivity contribution in [3.05, 3.63) is 126 Å². The van der Waals surface area contributed by atoms with Gasteiger partial charge < -0.3 is 9.97 Å². The van der Waals surface area contributed by atoms with Crippen molar-refractivity contribution in [2.45, 2.75) is 66.0 Å². The average Bonchev–Trinajstić information content (AvgIpc) is 3.43. The molecule has 2 nitrogen and oxygen atoms in total. The number of rotatable bonds is 5. The van der Waals surface area contributed by atoms with Crippen LogP contribution in [0.2, 0.25) is 19.6 Å². The Labute approximate surface area is 301 Å². The normalized spacial score (nSPS) is 12.7. The zero-order valence-corrected chi connectivity index (χ0v) is 32.6. The maximum Gasteiger partial charge on any atom is 0.0798 e. The van der Waals surface area contributed by atoms with Crippen LogP contribution in [0.25, 0.3) is 53.5 Å². The van der Waals surface area contributed by atoms with Gasteiger partial charge >= 0.3 is 0 Å². The second-order valence-electron chi connectivity index (χ2n) is 13.4. The van der Waals surface area contributed by atoms with Crippen LogP contribution >= 0.6 is 11.3 Å². The largest absolute Gasteiger partial charge is 0.305 e. The third-order valence-electron chi connectivity index (χ3n) is 8.49. The zero-order chi connectivity index (χ0) is 34.4. The molecule has 0 aliphatic carbocycles. The summed E-state index contributed by atoms with van der Waals surface area (Å²) in [5.74, 6) is -1.29. The van der Waals surface area contributed by atoms with E-state index in [1.54, 1.807) is 17.5 Å². The second-order valence-corrected chi connectivity index (χ2v) is 19.5. The molecule has 5 heteroatoms. The van der Waals surface area contributed by atoms with Crippen LogP contribution in [0.4, 0.5) is 0 Å². The first kappa shape index (κ1) is 32.1. The Morgan fingerprint density at radius 2 is 1.45 bits per heavy atom. The number of hydrogen-bond acceptors (Lipinski definition) is 3. The Kier molecular flexibility index (Phi) is 9.79. The number of hydrogen-bond donors (Lipinski definition) is 0. The molecular formula is C42H42IrN2SSi-2. The molecule has 0 fully saturated rings. The van der Waals surface area contributed by atoms with Gasteiger partial charge in [-0.1, -0.05) is 106 Å². The smallest absolute Gasteiger partial charge is 0.0798 e. The standard InChI is InChI=1S/C27H24NS.C15H18NSi.Ir/c1-16(2)18-8-10-21-20(14-18)9-11-23-22-6-5-7-24(27(22)29-26(21)23)25-15-19(17(3)4)12-13-28-25;1-12-10-14(13-8-6-5-7-9-13)16-11-15(12)17(2,3)4;/h5-6,8-17H,1-4H3;5-8,10-11H,1-4H3;/q2*-1;/i16D,17D;;. The van der Waals surface area contributed by atoms with Crippen LogP contribution in [0.15, 0.2) is 97.3 Å². The van der Waals surface area contributed by atoms with Crippen molar-refractivity contribution in [3.63, 3.8) is 0 Å². The Bertz CT molecular complexity index is 2260. The molecule has 0 N–H and O–H groups in total. The fraction of sp³-hybridized carbons (Fsp3) is 0.238. The maximum absolute atomic E-state index is 8.39. The molecule has 0 bridgehead atoms. The van der Waals surface area contributed by atoms with Gasteiger partial charge in [0.15, 0.2) is 0 Å².